The molecule has 1 aromatic rings. The fourth-order valence-electron chi connectivity index (χ4n) is 2.27. The number of hydrogen-bond donors (Lipinski definition) is 1. The lowest BCUT2D eigenvalue weighted by Gasteiger charge is -2.26. The third-order valence-electron chi connectivity index (χ3n) is 2.77. The van der Waals surface area contributed by atoms with Gasteiger partial charge in [0.15, 0.2) is 0 Å². The molecule has 0 atom stereocenters. The summed E-state index contributed by atoms with van der Waals surface area (Å²) in [6, 6.07) is 4.17. The van der Waals surface area contributed by atoms with Gasteiger partial charge in [0.25, 0.3) is 0 Å². The third kappa shape index (κ3) is 5.05. The van der Waals surface area contributed by atoms with E-state index in [-0.39, 0.29) is 0 Å². The van der Waals surface area contributed by atoms with Gasteiger partial charge in [0.05, 0.1) is 0 Å². The average Bonchev–Trinajstić information content (AvgIpc) is 2.27. The Kier molecular flexibility index (Phi) is 6.13. The number of aromatic nitrogens is 1. The van der Waals surface area contributed by atoms with Gasteiger partial charge in [-0.2, -0.15) is 0 Å². The van der Waals surface area contributed by atoms with Crippen molar-refractivity contribution in [1.29, 1.82) is 0 Å². The molecule has 0 aliphatic heterocycles. The van der Waals surface area contributed by atoms with Gasteiger partial charge in [-0.1, -0.05) is 33.8 Å². The summed E-state index contributed by atoms with van der Waals surface area (Å²) in [6.45, 7) is 12.3. The van der Waals surface area contributed by atoms with Crippen LogP contribution in [0.1, 0.15) is 33.3 Å². The van der Waals surface area contributed by atoms with Crippen LogP contribution in [-0.4, -0.2) is 30.0 Å². The standard InChI is InChI=1S/C15H27N3/c1-12(2)9-18(10-13(3)4)11-14-7-6-8-17-15(14)16-5/h6-8,12-13H,9-11H2,1-5H3,(H,16,17). The molecule has 1 aromatic heterocycles. The minimum Gasteiger partial charge on any atom is -0.373 e. The van der Waals surface area contributed by atoms with Crippen molar-refractivity contribution in [3.63, 3.8) is 0 Å². The number of nitrogens with zero attached hydrogens (tertiary/aromatic N) is 2. The Balaban J connectivity index is 2.74. The Hall–Kier alpha value is -1.09. The van der Waals surface area contributed by atoms with Gasteiger partial charge in [-0.25, -0.2) is 4.98 Å². The Morgan fingerprint density at radius 3 is 2.28 bits per heavy atom. The van der Waals surface area contributed by atoms with Crippen molar-refractivity contribution in [3.8, 4) is 0 Å². The van der Waals surface area contributed by atoms with Gasteiger partial charge in [-0.15, -0.1) is 0 Å². The molecule has 1 N–H and O–H groups in total. The first-order valence-electron chi connectivity index (χ1n) is 6.87. The number of pyridine rings is 1. The molecule has 3 nitrogen and oxygen atoms in total. The topological polar surface area (TPSA) is 28.2 Å². The van der Waals surface area contributed by atoms with Crippen molar-refractivity contribution >= 4 is 5.82 Å². The molecule has 0 amide bonds. The maximum Gasteiger partial charge on any atom is 0.130 e. The van der Waals surface area contributed by atoms with E-state index in [1.807, 2.05) is 19.3 Å². The molecule has 0 fully saturated rings. The summed E-state index contributed by atoms with van der Waals surface area (Å²) in [5, 5.41) is 3.17. The van der Waals surface area contributed by atoms with Gasteiger partial charge in [0, 0.05) is 38.4 Å². The summed E-state index contributed by atoms with van der Waals surface area (Å²) in [5.74, 6) is 2.38. The van der Waals surface area contributed by atoms with Crippen LogP contribution in [0.2, 0.25) is 0 Å². The molecule has 1 heterocycles. The van der Waals surface area contributed by atoms with E-state index in [1.165, 1.54) is 5.56 Å². The summed E-state index contributed by atoms with van der Waals surface area (Å²) < 4.78 is 0. The fourth-order valence-corrected chi connectivity index (χ4v) is 2.27. The van der Waals surface area contributed by atoms with E-state index in [2.05, 4.69) is 49.0 Å². The largest absolute Gasteiger partial charge is 0.373 e. The Bertz CT molecular complexity index is 337. The van der Waals surface area contributed by atoms with Crippen molar-refractivity contribution in [2.24, 2.45) is 11.8 Å². The summed E-state index contributed by atoms with van der Waals surface area (Å²) >= 11 is 0. The predicted molar refractivity (Wildman–Crippen MR) is 78.7 cm³/mol. The lowest BCUT2D eigenvalue weighted by atomic mass is 10.1. The maximum atomic E-state index is 4.37. The van der Waals surface area contributed by atoms with E-state index in [1.54, 1.807) is 0 Å². The van der Waals surface area contributed by atoms with Gasteiger partial charge in [-0.3, -0.25) is 4.90 Å². The molecule has 0 aromatic carbocycles. The molecule has 0 aliphatic rings. The van der Waals surface area contributed by atoms with Crippen LogP contribution in [0.4, 0.5) is 5.82 Å². The van der Waals surface area contributed by atoms with E-state index in [0.29, 0.717) is 11.8 Å². The summed E-state index contributed by atoms with van der Waals surface area (Å²) in [5.41, 5.74) is 1.28. The smallest absolute Gasteiger partial charge is 0.130 e. The minimum atomic E-state index is 0.693. The summed E-state index contributed by atoms with van der Waals surface area (Å²) in [6.07, 6.45) is 1.84. The molecule has 0 bridgehead atoms. The molecular formula is C15H27N3. The lowest BCUT2D eigenvalue weighted by Crippen LogP contribution is -2.31. The molecule has 0 spiro atoms. The van der Waals surface area contributed by atoms with E-state index < -0.39 is 0 Å². The normalized spacial score (nSPS) is 11.6. The summed E-state index contributed by atoms with van der Waals surface area (Å²) in [7, 11) is 1.93. The van der Waals surface area contributed by atoms with Gasteiger partial charge in [-0.05, 0) is 17.9 Å². The Morgan fingerprint density at radius 2 is 1.78 bits per heavy atom. The fraction of sp³-hybridized carbons (Fsp3) is 0.667. The third-order valence-corrected chi connectivity index (χ3v) is 2.77. The molecular weight excluding hydrogens is 222 g/mol. The molecule has 102 valence electrons. The van der Waals surface area contributed by atoms with Crippen LogP contribution in [0, 0.1) is 11.8 Å². The second-order valence-electron chi connectivity index (χ2n) is 5.74. The van der Waals surface area contributed by atoms with Crippen molar-refractivity contribution in [3.05, 3.63) is 23.9 Å². The lowest BCUT2D eigenvalue weighted by molar-refractivity contribution is 0.211. The second kappa shape index (κ2) is 7.37. The zero-order valence-corrected chi connectivity index (χ0v) is 12.4. The second-order valence-corrected chi connectivity index (χ2v) is 5.74. The van der Waals surface area contributed by atoms with E-state index in [9.17, 15) is 0 Å². The van der Waals surface area contributed by atoms with Crippen LogP contribution in [0.25, 0.3) is 0 Å². The number of anilines is 1. The molecule has 0 saturated heterocycles. The zero-order chi connectivity index (χ0) is 13.5. The number of nitrogens with one attached hydrogen (secondary N) is 1. The van der Waals surface area contributed by atoms with Gasteiger partial charge >= 0.3 is 0 Å². The molecule has 3 heteroatoms. The Labute approximate surface area is 112 Å². The van der Waals surface area contributed by atoms with Gasteiger partial charge in [0.1, 0.15) is 5.82 Å². The molecule has 1 rings (SSSR count). The highest BCUT2D eigenvalue weighted by molar-refractivity contribution is 5.42. The highest BCUT2D eigenvalue weighted by Gasteiger charge is 2.12. The van der Waals surface area contributed by atoms with Crippen molar-refractivity contribution in [2.45, 2.75) is 34.2 Å². The van der Waals surface area contributed by atoms with E-state index in [4.69, 9.17) is 0 Å². The molecule has 0 unspecified atom stereocenters. The molecule has 0 radical (unpaired) electrons. The predicted octanol–water partition coefficient (Wildman–Crippen LogP) is 3.24. The Morgan fingerprint density at radius 1 is 1.17 bits per heavy atom. The minimum absolute atomic E-state index is 0.693. The van der Waals surface area contributed by atoms with Crippen LogP contribution >= 0.6 is 0 Å². The van der Waals surface area contributed by atoms with Crippen LogP contribution in [0.15, 0.2) is 18.3 Å². The zero-order valence-electron chi connectivity index (χ0n) is 12.4. The molecule has 18 heavy (non-hydrogen) atoms. The first-order chi connectivity index (χ1) is 8.52. The molecule has 0 saturated carbocycles. The summed E-state index contributed by atoms with van der Waals surface area (Å²) in [4.78, 5) is 6.89. The molecule has 0 aliphatic carbocycles. The van der Waals surface area contributed by atoms with E-state index in [0.717, 1.165) is 25.5 Å². The van der Waals surface area contributed by atoms with Crippen molar-refractivity contribution < 1.29 is 0 Å². The van der Waals surface area contributed by atoms with Gasteiger partial charge < -0.3 is 5.32 Å². The maximum absolute atomic E-state index is 4.37. The monoisotopic (exact) mass is 249 g/mol. The first kappa shape index (κ1) is 15.0. The highest BCUT2D eigenvalue weighted by atomic mass is 15.1. The SMILES string of the molecule is CNc1ncccc1CN(CC(C)C)CC(C)C. The van der Waals surface area contributed by atoms with Crippen LogP contribution in [-0.2, 0) is 6.54 Å². The van der Waals surface area contributed by atoms with Crippen LogP contribution in [0.5, 0.6) is 0 Å². The highest BCUT2D eigenvalue weighted by Crippen LogP contribution is 2.15. The van der Waals surface area contributed by atoms with E-state index >= 15 is 0 Å². The first-order valence-corrected chi connectivity index (χ1v) is 6.87. The van der Waals surface area contributed by atoms with Crippen molar-refractivity contribution in [1.82, 2.24) is 9.88 Å². The quantitative estimate of drug-likeness (QED) is 0.804. The average molecular weight is 249 g/mol. The van der Waals surface area contributed by atoms with Gasteiger partial charge in [0.2, 0.25) is 0 Å². The van der Waals surface area contributed by atoms with Crippen LogP contribution in [0.3, 0.4) is 0 Å². The number of hydrogen-bond acceptors (Lipinski definition) is 3. The number of rotatable bonds is 7. The van der Waals surface area contributed by atoms with Crippen LogP contribution < -0.4 is 5.32 Å². The van der Waals surface area contributed by atoms with Crippen molar-refractivity contribution in [2.75, 3.05) is 25.5 Å².